The number of hydrogen-bond donors (Lipinski definition) is 0. The normalized spacial score (nSPS) is 15.3. The molecule has 2 heterocycles. The lowest BCUT2D eigenvalue weighted by atomic mass is 10.2. The van der Waals surface area contributed by atoms with Crippen LogP contribution in [0.1, 0.15) is 15.4 Å². The Kier molecular flexibility index (Phi) is 4.07. The standard InChI is InChI=1S/C14H15ClN4OS/c1-10-13(21-17-16-10)14(20)19-8-6-18(7-9-19)12-4-2-11(15)3-5-12/h2-5H,6-9H2,1H3. The van der Waals surface area contributed by atoms with Crippen LogP contribution in [0.25, 0.3) is 0 Å². The monoisotopic (exact) mass is 322 g/mol. The third kappa shape index (κ3) is 3.01. The van der Waals surface area contributed by atoms with Crippen LogP contribution in [0.3, 0.4) is 0 Å². The molecule has 7 heteroatoms. The first-order valence-electron chi connectivity index (χ1n) is 6.74. The molecule has 0 bridgehead atoms. The van der Waals surface area contributed by atoms with Gasteiger partial charge in [0, 0.05) is 36.9 Å². The van der Waals surface area contributed by atoms with Gasteiger partial charge in [0.2, 0.25) is 0 Å². The van der Waals surface area contributed by atoms with Gasteiger partial charge < -0.3 is 9.80 Å². The molecule has 1 aromatic carbocycles. The van der Waals surface area contributed by atoms with Gasteiger partial charge in [0.1, 0.15) is 4.88 Å². The van der Waals surface area contributed by atoms with Gasteiger partial charge in [-0.25, -0.2) is 0 Å². The molecular formula is C14H15ClN4OS. The molecule has 1 saturated heterocycles. The van der Waals surface area contributed by atoms with Crippen molar-refractivity contribution in [2.45, 2.75) is 6.92 Å². The summed E-state index contributed by atoms with van der Waals surface area (Å²) in [5.74, 6) is 0.0401. The van der Waals surface area contributed by atoms with E-state index in [-0.39, 0.29) is 5.91 Å². The molecule has 1 aliphatic rings. The zero-order chi connectivity index (χ0) is 14.8. The summed E-state index contributed by atoms with van der Waals surface area (Å²) in [7, 11) is 0. The second kappa shape index (κ2) is 5.99. The number of hydrogen-bond acceptors (Lipinski definition) is 5. The molecule has 0 unspecified atom stereocenters. The smallest absolute Gasteiger partial charge is 0.267 e. The number of amides is 1. The summed E-state index contributed by atoms with van der Waals surface area (Å²) in [4.78, 5) is 17.2. The minimum atomic E-state index is 0.0401. The van der Waals surface area contributed by atoms with Crippen molar-refractivity contribution in [3.63, 3.8) is 0 Å². The maximum absolute atomic E-state index is 12.4. The Bertz CT molecular complexity index is 635. The summed E-state index contributed by atoms with van der Waals surface area (Å²) in [5, 5.41) is 4.64. The van der Waals surface area contributed by atoms with Crippen LogP contribution in [0.15, 0.2) is 24.3 Å². The van der Waals surface area contributed by atoms with Gasteiger partial charge in [-0.15, -0.1) is 5.10 Å². The third-order valence-electron chi connectivity index (χ3n) is 3.60. The molecule has 3 rings (SSSR count). The van der Waals surface area contributed by atoms with Gasteiger partial charge in [-0.05, 0) is 42.7 Å². The Hall–Kier alpha value is -1.66. The molecule has 0 N–H and O–H groups in total. The number of rotatable bonds is 2. The molecule has 110 valence electrons. The molecular weight excluding hydrogens is 308 g/mol. The molecule has 21 heavy (non-hydrogen) atoms. The highest BCUT2D eigenvalue weighted by Gasteiger charge is 2.25. The minimum Gasteiger partial charge on any atom is -0.368 e. The lowest BCUT2D eigenvalue weighted by Gasteiger charge is -2.36. The molecule has 0 atom stereocenters. The minimum absolute atomic E-state index is 0.0401. The van der Waals surface area contributed by atoms with E-state index in [1.165, 1.54) is 11.5 Å². The lowest BCUT2D eigenvalue weighted by Crippen LogP contribution is -2.48. The van der Waals surface area contributed by atoms with Crippen molar-refractivity contribution in [2.75, 3.05) is 31.1 Å². The van der Waals surface area contributed by atoms with Crippen LogP contribution in [0.4, 0.5) is 5.69 Å². The predicted molar refractivity (Wildman–Crippen MR) is 84.2 cm³/mol. The van der Waals surface area contributed by atoms with Crippen LogP contribution in [-0.4, -0.2) is 46.6 Å². The predicted octanol–water partition coefficient (Wildman–Crippen LogP) is 2.46. The van der Waals surface area contributed by atoms with E-state index in [0.29, 0.717) is 23.7 Å². The van der Waals surface area contributed by atoms with Gasteiger partial charge in [0.25, 0.3) is 5.91 Å². The number of carbonyl (C=O) groups is 1. The van der Waals surface area contributed by atoms with Gasteiger partial charge in [-0.2, -0.15) is 0 Å². The maximum atomic E-state index is 12.4. The van der Waals surface area contributed by atoms with Crippen molar-refractivity contribution in [2.24, 2.45) is 0 Å². The summed E-state index contributed by atoms with van der Waals surface area (Å²) < 4.78 is 3.83. The number of aromatic nitrogens is 2. The fraction of sp³-hybridized carbons (Fsp3) is 0.357. The van der Waals surface area contributed by atoms with E-state index in [1.807, 2.05) is 36.1 Å². The van der Waals surface area contributed by atoms with Crippen LogP contribution in [-0.2, 0) is 0 Å². The highest BCUT2D eigenvalue weighted by Crippen LogP contribution is 2.20. The molecule has 1 fully saturated rings. The zero-order valence-corrected chi connectivity index (χ0v) is 13.2. The first-order chi connectivity index (χ1) is 10.1. The summed E-state index contributed by atoms with van der Waals surface area (Å²) in [5.41, 5.74) is 1.85. The summed E-state index contributed by atoms with van der Waals surface area (Å²) in [6.45, 7) is 4.87. The molecule has 5 nitrogen and oxygen atoms in total. The van der Waals surface area contributed by atoms with E-state index >= 15 is 0 Å². The van der Waals surface area contributed by atoms with Crippen molar-refractivity contribution < 1.29 is 4.79 Å². The van der Waals surface area contributed by atoms with Crippen molar-refractivity contribution >= 4 is 34.7 Å². The summed E-state index contributed by atoms with van der Waals surface area (Å²) >= 11 is 7.07. The Labute approximate surface area is 132 Å². The average molecular weight is 323 g/mol. The Morgan fingerprint density at radius 3 is 2.43 bits per heavy atom. The molecule has 0 radical (unpaired) electrons. The topological polar surface area (TPSA) is 49.3 Å². The highest BCUT2D eigenvalue weighted by atomic mass is 35.5. The van der Waals surface area contributed by atoms with E-state index in [1.54, 1.807) is 0 Å². The van der Waals surface area contributed by atoms with Gasteiger partial charge in [0.05, 0.1) is 5.69 Å². The van der Waals surface area contributed by atoms with E-state index < -0.39 is 0 Å². The SMILES string of the molecule is Cc1nnsc1C(=O)N1CCN(c2ccc(Cl)cc2)CC1. The third-order valence-corrected chi connectivity index (χ3v) is 4.67. The molecule has 1 aliphatic heterocycles. The highest BCUT2D eigenvalue weighted by molar-refractivity contribution is 7.07. The van der Waals surface area contributed by atoms with Crippen molar-refractivity contribution in [3.05, 3.63) is 39.9 Å². The average Bonchev–Trinajstić information content (AvgIpc) is 2.94. The van der Waals surface area contributed by atoms with Crippen molar-refractivity contribution in [1.82, 2.24) is 14.5 Å². The maximum Gasteiger partial charge on any atom is 0.267 e. The van der Waals surface area contributed by atoms with E-state index in [9.17, 15) is 4.79 Å². The molecule has 1 amide bonds. The number of aryl methyl sites for hydroxylation is 1. The number of piperazine rings is 1. The Balaban J connectivity index is 1.64. The lowest BCUT2D eigenvalue weighted by molar-refractivity contribution is 0.0750. The second-order valence-electron chi connectivity index (χ2n) is 4.94. The first kappa shape index (κ1) is 14.3. The Morgan fingerprint density at radius 2 is 1.86 bits per heavy atom. The van der Waals surface area contributed by atoms with Crippen LogP contribution >= 0.6 is 23.1 Å². The van der Waals surface area contributed by atoms with Gasteiger partial charge >= 0.3 is 0 Å². The number of nitrogens with zero attached hydrogens (tertiary/aromatic N) is 4. The fourth-order valence-electron chi connectivity index (χ4n) is 2.39. The molecule has 1 aromatic heterocycles. The van der Waals surface area contributed by atoms with Gasteiger partial charge in [-0.3, -0.25) is 4.79 Å². The van der Waals surface area contributed by atoms with Crippen LogP contribution < -0.4 is 4.90 Å². The largest absolute Gasteiger partial charge is 0.368 e. The molecule has 0 saturated carbocycles. The summed E-state index contributed by atoms with van der Waals surface area (Å²) in [6, 6.07) is 7.80. The second-order valence-corrected chi connectivity index (χ2v) is 6.13. The van der Waals surface area contributed by atoms with Crippen LogP contribution in [0, 0.1) is 6.92 Å². The summed E-state index contributed by atoms with van der Waals surface area (Å²) in [6.07, 6.45) is 0. The van der Waals surface area contributed by atoms with E-state index in [4.69, 9.17) is 11.6 Å². The molecule has 0 spiro atoms. The van der Waals surface area contributed by atoms with E-state index in [0.717, 1.165) is 23.8 Å². The number of carbonyl (C=O) groups excluding carboxylic acids is 1. The number of halogens is 1. The Morgan fingerprint density at radius 1 is 1.19 bits per heavy atom. The quantitative estimate of drug-likeness (QED) is 0.852. The van der Waals surface area contributed by atoms with Crippen LogP contribution in [0.5, 0.6) is 0 Å². The van der Waals surface area contributed by atoms with Gasteiger partial charge in [0.15, 0.2) is 0 Å². The first-order valence-corrected chi connectivity index (χ1v) is 7.89. The fourth-order valence-corrected chi connectivity index (χ4v) is 3.14. The van der Waals surface area contributed by atoms with Gasteiger partial charge in [-0.1, -0.05) is 16.1 Å². The van der Waals surface area contributed by atoms with Crippen molar-refractivity contribution in [3.8, 4) is 0 Å². The van der Waals surface area contributed by atoms with Crippen LogP contribution in [0.2, 0.25) is 5.02 Å². The number of anilines is 1. The molecule has 0 aliphatic carbocycles. The zero-order valence-electron chi connectivity index (χ0n) is 11.6. The molecule has 2 aromatic rings. The van der Waals surface area contributed by atoms with Crippen molar-refractivity contribution in [1.29, 1.82) is 0 Å². The number of benzene rings is 1. The van der Waals surface area contributed by atoms with E-state index in [2.05, 4.69) is 14.5 Å².